The molecular weight excluding hydrogens is 390 g/mol. The molecule has 0 saturated carbocycles. The molecule has 0 N–H and O–H groups in total. The molecule has 8 nitrogen and oxygen atoms in total. The first-order chi connectivity index (χ1) is 14.5. The van der Waals surface area contributed by atoms with Gasteiger partial charge in [-0.15, -0.1) is 5.06 Å². The van der Waals surface area contributed by atoms with Gasteiger partial charge in [0, 0.05) is 5.56 Å². The number of methoxy groups -OCH3 is 4. The van der Waals surface area contributed by atoms with Crippen LogP contribution < -0.4 is 9.47 Å². The van der Waals surface area contributed by atoms with Crippen LogP contribution in [0.2, 0.25) is 0 Å². The van der Waals surface area contributed by atoms with Gasteiger partial charge in [0.25, 0.3) is 0 Å². The summed E-state index contributed by atoms with van der Waals surface area (Å²) in [6.45, 7) is 0.195. The smallest absolute Gasteiger partial charge is 0.376 e. The van der Waals surface area contributed by atoms with E-state index in [4.69, 9.17) is 23.8 Å². The van der Waals surface area contributed by atoms with Crippen LogP contribution in [0, 0.1) is 0 Å². The second-order valence-electron chi connectivity index (χ2n) is 6.36. The van der Waals surface area contributed by atoms with Gasteiger partial charge in [-0.25, -0.2) is 9.59 Å². The van der Waals surface area contributed by atoms with Crippen molar-refractivity contribution >= 4 is 11.9 Å². The summed E-state index contributed by atoms with van der Waals surface area (Å²) >= 11 is 0. The van der Waals surface area contributed by atoms with Crippen LogP contribution in [0.25, 0.3) is 0 Å². The zero-order valence-corrected chi connectivity index (χ0v) is 17.2. The van der Waals surface area contributed by atoms with Crippen LogP contribution in [0.3, 0.4) is 0 Å². The Morgan fingerprint density at radius 2 is 1.60 bits per heavy atom. The Bertz CT molecular complexity index is 955. The maximum absolute atomic E-state index is 12.6. The second kappa shape index (κ2) is 9.32. The maximum atomic E-state index is 12.6. The first-order valence-electron chi connectivity index (χ1n) is 9.15. The van der Waals surface area contributed by atoms with E-state index >= 15 is 0 Å². The molecule has 1 heterocycles. The number of carbonyl (C=O) groups is 2. The lowest BCUT2D eigenvalue weighted by molar-refractivity contribution is -0.160. The average molecular weight is 413 g/mol. The second-order valence-corrected chi connectivity index (χ2v) is 6.36. The lowest BCUT2D eigenvalue weighted by Crippen LogP contribution is -2.26. The van der Waals surface area contributed by atoms with Gasteiger partial charge in [-0.05, 0) is 11.6 Å². The number of hydrogen-bond donors (Lipinski definition) is 0. The highest BCUT2D eigenvalue weighted by Crippen LogP contribution is 2.42. The predicted octanol–water partition coefficient (Wildman–Crippen LogP) is 2.79. The third-order valence-corrected chi connectivity index (χ3v) is 4.72. The Hall–Kier alpha value is -3.52. The molecule has 1 aliphatic rings. The van der Waals surface area contributed by atoms with Crippen molar-refractivity contribution in [2.45, 2.75) is 12.6 Å². The molecule has 0 radical (unpaired) electrons. The first kappa shape index (κ1) is 21.2. The maximum Gasteiger partial charge on any atom is 0.376 e. The fourth-order valence-corrected chi connectivity index (χ4v) is 3.38. The molecule has 2 aromatic carbocycles. The molecular formula is C22H23NO7. The zero-order valence-electron chi connectivity index (χ0n) is 17.2. The molecule has 3 rings (SSSR count). The zero-order chi connectivity index (χ0) is 21.7. The number of benzene rings is 2. The monoisotopic (exact) mass is 413 g/mol. The van der Waals surface area contributed by atoms with Gasteiger partial charge >= 0.3 is 11.9 Å². The summed E-state index contributed by atoms with van der Waals surface area (Å²) in [5.41, 5.74) is 1.56. The summed E-state index contributed by atoms with van der Waals surface area (Å²) in [6.07, 6.45) is 0. The fourth-order valence-electron chi connectivity index (χ4n) is 3.38. The molecule has 0 bridgehead atoms. The molecule has 8 heteroatoms. The molecule has 0 spiro atoms. The predicted molar refractivity (Wildman–Crippen MR) is 106 cm³/mol. The minimum Gasteiger partial charge on any atom is -0.493 e. The molecule has 0 fully saturated rings. The Morgan fingerprint density at radius 3 is 2.20 bits per heavy atom. The molecule has 1 atom stereocenters. The normalized spacial score (nSPS) is 16.1. The minimum absolute atomic E-state index is 0.0670. The number of hydroxylamine groups is 2. The van der Waals surface area contributed by atoms with Gasteiger partial charge in [0.15, 0.2) is 11.5 Å². The van der Waals surface area contributed by atoms with E-state index in [1.165, 1.54) is 19.3 Å². The summed E-state index contributed by atoms with van der Waals surface area (Å²) in [5.74, 6) is -0.567. The van der Waals surface area contributed by atoms with Crippen molar-refractivity contribution in [3.05, 3.63) is 71.0 Å². The number of ether oxygens (including phenoxy) is 4. The molecule has 0 amide bonds. The molecule has 0 aliphatic carbocycles. The van der Waals surface area contributed by atoms with Crippen molar-refractivity contribution < 1.29 is 33.4 Å². The van der Waals surface area contributed by atoms with Crippen molar-refractivity contribution in [3.63, 3.8) is 0 Å². The largest absolute Gasteiger partial charge is 0.493 e. The summed E-state index contributed by atoms with van der Waals surface area (Å²) in [7, 11) is 5.56. The van der Waals surface area contributed by atoms with Gasteiger partial charge in [-0.3, -0.25) is 0 Å². The Kier molecular flexibility index (Phi) is 6.58. The Labute approximate surface area is 174 Å². The van der Waals surface area contributed by atoms with E-state index in [2.05, 4.69) is 0 Å². The Balaban J connectivity index is 2.09. The standard InChI is InChI=1S/C22H23NO7/c1-26-16-12-8-11-15(19(16)27-2)13-23-18(14-9-6-5-7-10-14)17(21(24)28-3)20(30-23)22(25)29-4/h5-12,18H,13H2,1-4H3. The molecule has 0 saturated heterocycles. The van der Waals surface area contributed by atoms with Gasteiger partial charge in [0.05, 0.1) is 35.0 Å². The van der Waals surface area contributed by atoms with Gasteiger partial charge in [0.1, 0.15) is 11.6 Å². The molecule has 158 valence electrons. The summed E-state index contributed by atoms with van der Waals surface area (Å²) < 4.78 is 20.6. The molecule has 2 aromatic rings. The van der Waals surface area contributed by atoms with Gasteiger partial charge in [-0.1, -0.05) is 42.5 Å². The topological polar surface area (TPSA) is 83.5 Å². The molecule has 0 aromatic heterocycles. The SMILES string of the molecule is COC(=O)C1=C(C(=O)OC)C(c2ccccc2)N(Cc2cccc(OC)c2OC)O1. The van der Waals surface area contributed by atoms with Crippen LogP contribution in [0.5, 0.6) is 11.5 Å². The van der Waals surface area contributed by atoms with Crippen molar-refractivity contribution in [1.29, 1.82) is 0 Å². The number of rotatable bonds is 7. The van der Waals surface area contributed by atoms with E-state index in [9.17, 15) is 9.59 Å². The highest BCUT2D eigenvalue weighted by molar-refractivity contribution is 6.00. The van der Waals surface area contributed by atoms with Crippen molar-refractivity contribution in [2.75, 3.05) is 28.4 Å². The fraction of sp³-hybridized carbons (Fsp3) is 0.273. The van der Waals surface area contributed by atoms with Crippen LogP contribution in [0.15, 0.2) is 59.9 Å². The van der Waals surface area contributed by atoms with E-state index in [0.29, 0.717) is 11.5 Å². The highest BCUT2D eigenvalue weighted by atomic mass is 16.7. The number of nitrogens with zero attached hydrogens (tertiary/aromatic N) is 1. The molecule has 30 heavy (non-hydrogen) atoms. The van der Waals surface area contributed by atoms with E-state index in [-0.39, 0.29) is 17.9 Å². The van der Waals surface area contributed by atoms with Gasteiger partial charge in [-0.2, -0.15) is 0 Å². The van der Waals surface area contributed by atoms with Crippen molar-refractivity contribution in [3.8, 4) is 11.5 Å². The van der Waals surface area contributed by atoms with Crippen LogP contribution in [0.1, 0.15) is 17.2 Å². The third-order valence-electron chi connectivity index (χ3n) is 4.72. The van der Waals surface area contributed by atoms with Crippen molar-refractivity contribution in [1.82, 2.24) is 5.06 Å². The lowest BCUT2D eigenvalue weighted by atomic mass is 9.97. The summed E-state index contributed by atoms with van der Waals surface area (Å²) in [4.78, 5) is 30.8. The van der Waals surface area contributed by atoms with Gasteiger partial charge < -0.3 is 23.8 Å². The number of hydrogen-bond acceptors (Lipinski definition) is 8. The van der Waals surface area contributed by atoms with Crippen LogP contribution in [-0.2, 0) is 30.4 Å². The average Bonchev–Trinajstić information content (AvgIpc) is 3.17. The summed E-state index contributed by atoms with van der Waals surface area (Å²) in [6, 6.07) is 14.0. The number of esters is 2. The Morgan fingerprint density at radius 1 is 0.900 bits per heavy atom. The molecule has 1 aliphatic heterocycles. The van der Waals surface area contributed by atoms with Gasteiger partial charge in [0.2, 0.25) is 5.76 Å². The first-order valence-corrected chi connectivity index (χ1v) is 9.15. The molecule has 1 unspecified atom stereocenters. The van der Waals surface area contributed by atoms with Crippen LogP contribution >= 0.6 is 0 Å². The quantitative estimate of drug-likeness (QED) is 0.641. The lowest BCUT2D eigenvalue weighted by Gasteiger charge is -2.25. The van der Waals surface area contributed by atoms with Crippen LogP contribution in [0.4, 0.5) is 0 Å². The highest BCUT2D eigenvalue weighted by Gasteiger charge is 2.44. The van der Waals surface area contributed by atoms with E-state index in [1.54, 1.807) is 20.3 Å². The third kappa shape index (κ3) is 3.95. The van der Waals surface area contributed by atoms with E-state index < -0.39 is 18.0 Å². The summed E-state index contributed by atoms with van der Waals surface area (Å²) in [5, 5.41) is 1.52. The van der Waals surface area contributed by atoms with E-state index in [1.807, 2.05) is 42.5 Å². The number of para-hydroxylation sites is 1. The number of carbonyl (C=O) groups excluding carboxylic acids is 2. The van der Waals surface area contributed by atoms with Crippen molar-refractivity contribution in [2.24, 2.45) is 0 Å². The minimum atomic E-state index is -0.767. The van der Waals surface area contributed by atoms with Crippen LogP contribution in [-0.4, -0.2) is 45.4 Å². The van der Waals surface area contributed by atoms with E-state index in [0.717, 1.165) is 11.1 Å².